The summed E-state index contributed by atoms with van der Waals surface area (Å²) in [6.45, 7) is 0.555. The molecule has 0 amide bonds. The number of aromatic amines is 1. The quantitative estimate of drug-likeness (QED) is 0.641. The first-order valence-electron chi connectivity index (χ1n) is 5.16. The van der Waals surface area contributed by atoms with Crippen LogP contribution in [0.1, 0.15) is 4.88 Å². The maximum atomic E-state index is 5.89. The summed E-state index contributed by atoms with van der Waals surface area (Å²) in [4.78, 5) is 13.5. The van der Waals surface area contributed by atoms with E-state index < -0.39 is 0 Å². The molecule has 0 spiro atoms. The van der Waals surface area contributed by atoms with Crippen molar-refractivity contribution in [3.8, 4) is 10.4 Å². The molecule has 3 aromatic heterocycles. The summed E-state index contributed by atoms with van der Waals surface area (Å²) < 4.78 is 0. The van der Waals surface area contributed by atoms with Gasteiger partial charge < -0.3 is 16.5 Å². The predicted octanol–water partition coefficient (Wildman–Crippen LogP) is 1.73. The summed E-state index contributed by atoms with van der Waals surface area (Å²) in [5.74, 6) is 0.494. The lowest BCUT2D eigenvalue weighted by Gasteiger charge is -1.97. The number of nitrogens with zero attached hydrogens (tertiary/aromatic N) is 2. The molecule has 5 N–H and O–H groups in total. The van der Waals surface area contributed by atoms with Crippen LogP contribution in [0.4, 0.5) is 5.82 Å². The van der Waals surface area contributed by atoms with Crippen LogP contribution in [0.15, 0.2) is 24.7 Å². The van der Waals surface area contributed by atoms with Crippen molar-refractivity contribution in [2.24, 2.45) is 5.73 Å². The van der Waals surface area contributed by atoms with Crippen LogP contribution >= 0.6 is 11.3 Å². The van der Waals surface area contributed by atoms with Crippen LogP contribution in [0.2, 0.25) is 0 Å². The Bertz CT molecular complexity index is 669. The van der Waals surface area contributed by atoms with Crippen LogP contribution in [0, 0.1) is 0 Å². The molecular formula is C11H11N5S. The average molecular weight is 245 g/mol. The second-order valence-corrected chi connectivity index (χ2v) is 4.82. The number of hydrogen-bond donors (Lipinski definition) is 3. The summed E-state index contributed by atoms with van der Waals surface area (Å²) in [5, 5.41) is 0.873. The van der Waals surface area contributed by atoms with Gasteiger partial charge in [-0.1, -0.05) is 0 Å². The highest BCUT2D eigenvalue weighted by atomic mass is 32.1. The maximum Gasteiger partial charge on any atom is 0.143 e. The van der Waals surface area contributed by atoms with E-state index >= 15 is 0 Å². The molecule has 0 aliphatic heterocycles. The zero-order valence-electron chi connectivity index (χ0n) is 8.97. The summed E-state index contributed by atoms with van der Waals surface area (Å²) in [7, 11) is 0. The third-order valence-electron chi connectivity index (χ3n) is 2.63. The normalized spacial score (nSPS) is 11.1. The van der Waals surface area contributed by atoms with Crippen LogP contribution in [-0.2, 0) is 6.54 Å². The van der Waals surface area contributed by atoms with Gasteiger partial charge in [0, 0.05) is 28.1 Å². The molecule has 5 nitrogen and oxygen atoms in total. The van der Waals surface area contributed by atoms with E-state index in [4.69, 9.17) is 11.5 Å². The van der Waals surface area contributed by atoms with Crippen molar-refractivity contribution in [3.05, 3.63) is 29.5 Å². The fraction of sp³-hybridized carbons (Fsp3) is 0.0909. The van der Waals surface area contributed by atoms with Crippen LogP contribution in [0.25, 0.3) is 21.5 Å². The highest BCUT2D eigenvalue weighted by Crippen LogP contribution is 2.34. The molecule has 0 saturated carbocycles. The second-order valence-electron chi connectivity index (χ2n) is 3.65. The molecule has 0 bridgehead atoms. The number of nitrogens with two attached hydrogens (primary N) is 2. The Morgan fingerprint density at radius 3 is 2.94 bits per heavy atom. The fourth-order valence-corrected chi connectivity index (χ4v) is 2.72. The molecule has 3 heterocycles. The molecule has 0 aliphatic carbocycles. The zero-order valence-corrected chi connectivity index (χ0v) is 9.79. The Labute approximate surface area is 102 Å². The van der Waals surface area contributed by atoms with Crippen LogP contribution in [0.3, 0.4) is 0 Å². The lowest BCUT2D eigenvalue weighted by atomic mass is 10.2. The molecule has 86 valence electrons. The van der Waals surface area contributed by atoms with Crippen molar-refractivity contribution in [3.63, 3.8) is 0 Å². The van der Waals surface area contributed by atoms with E-state index in [9.17, 15) is 0 Å². The van der Waals surface area contributed by atoms with Gasteiger partial charge in [0.05, 0.1) is 5.39 Å². The Hall–Kier alpha value is -1.92. The summed E-state index contributed by atoms with van der Waals surface area (Å²) >= 11 is 1.66. The van der Waals surface area contributed by atoms with Gasteiger partial charge in [0.15, 0.2) is 0 Å². The predicted molar refractivity (Wildman–Crippen MR) is 69.5 cm³/mol. The smallest absolute Gasteiger partial charge is 0.143 e. The Kier molecular flexibility index (Phi) is 2.31. The number of thiophene rings is 1. The van der Waals surface area contributed by atoms with E-state index in [1.54, 1.807) is 11.3 Å². The molecule has 0 atom stereocenters. The molecule has 0 fully saturated rings. The van der Waals surface area contributed by atoms with E-state index in [2.05, 4.69) is 15.0 Å². The number of nitrogen functional groups attached to an aromatic ring is 1. The van der Waals surface area contributed by atoms with E-state index in [0.29, 0.717) is 12.4 Å². The highest BCUT2D eigenvalue weighted by Gasteiger charge is 2.12. The van der Waals surface area contributed by atoms with Crippen LogP contribution < -0.4 is 11.5 Å². The number of aromatic nitrogens is 3. The van der Waals surface area contributed by atoms with Gasteiger partial charge in [-0.05, 0) is 12.1 Å². The van der Waals surface area contributed by atoms with E-state index in [-0.39, 0.29) is 0 Å². The Morgan fingerprint density at radius 2 is 2.18 bits per heavy atom. The first-order valence-corrected chi connectivity index (χ1v) is 5.98. The van der Waals surface area contributed by atoms with Crippen molar-refractivity contribution >= 4 is 28.2 Å². The highest BCUT2D eigenvalue weighted by molar-refractivity contribution is 7.15. The SMILES string of the molecule is NCc1ccc(-c2c[nH]c3ncnc(N)c23)s1. The van der Waals surface area contributed by atoms with Crippen molar-refractivity contribution in [1.29, 1.82) is 0 Å². The Morgan fingerprint density at radius 1 is 1.29 bits per heavy atom. The number of hydrogen-bond acceptors (Lipinski definition) is 5. The molecular weight excluding hydrogens is 234 g/mol. The molecule has 3 aromatic rings. The van der Waals surface area contributed by atoms with E-state index in [0.717, 1.165) is 26.4 Å². The Balaban J connectivity index is 2.23. The van der Waals surface area contributed by atoms with Gasteiger partial charge in [-0.25, -0.2) is 9.97 Å². The van der Waals surface area contributed by atoms with Crippen molar-refractivity contribution < 1.29 is 0 Å². The van der Waals surface area contributed by atoms with Gasteiger partial charge >= 0.3 is 0 Å². The zero-order chi connectivity index (χ0) is 11.8. The minimum absolute atomic E-state index is 0.494. The molecule has 0 aromatic carbocycles. The topological polar surface area (TPSA) is 93.6 Å². The number of rotatable bonds is 2. The number of H-pyrrole nitrogens is 1. The number of anilines is 1. The summed E-state index contributed by atoms with van der Waals surface area (Å²) in [6.07, 6.45) is 3.36. The molecule has 0 saturated heterocycles. The fourth-order valence-electron chi connectivity index (χ4n) is 1.81. The summed E-state index contributed by atoms with van der Waals surface area (Å²) in [5.41, 5.74) is 13.3. The molecule has 0 unspecified atom stereocenters. The second kappa shape index (κ2) is 3.83. The first-order chi connectivity index (χ1) is 8.29. The lowest BCUT2D eigenvalue weighted by molar-refractivity contribution is 1.11. The van der Waals surface area contributed by atoms with Gasteiger partial charge in [0.1, 0.15) is 17.8 Å². The molecule has 3 rings (SSSR count). The third-order valence-corrected chi connectivity index (χ3v) is 3.77. The third kappa shape index (κ3) is 1.58. The monoisotopic (exact) mass is 245 g/mol. The number of nitrogens with one attached hydrogen (secondary N) is 1. The molecule has 0 aliphatic rings. The van der Waals surface area contributed by atoms with Crippen molar-refractivity contribution in [2.45, 2.75) is 6.54 Å². The summed E-state index contributed by atoms with van der Waals surface area (Å²) in [6, 6.07) is 4.07. The van der Waals surface area contributed by atoms with E-state index in [1.165, 1.54) is 6.33 Å². The van der Waals surface area contributed by atoms with E-state index in [1.807, 2.05) is 18.3 Å². The van der Waals surface area contributed by atoms with Gasteiger partial charge in [-0.2, -0.15) is 0 Å². The van der Waals surface area contributed by atoms with Gasteiger partial charge in [0.25, 0.3) is 0 Å². The minimum Gasteiger partial charge on any atom is -0.383 e. The lowest BCUT2D eigenvalue weighted by Crippen LogP contribution is -1.92. The van der Waals surface area contributed by atoms with Crippen LogP contribution in [0.5, 0.6) is 0 Å². The number of fused-ring (bicyclic) bond motifs is 1. The van der Waals surface area contributed by atoms with Gasteiger partial charge in [-0.15, -0.1) is 11.3 Å². The van der Waals surface area contributed by atoms with Gasteiger partial charge in [0.2, 0.25) is 0 Å². The van der Waals surface area contributed by atoms with Crippen LogP contribution in [-0.4, -0.2) is 15.0 Å². The molecule has 0 radical (unpaired) electrons. The maximum absolute atomic E-state index is 5.89. The van der Waals surface area contributed by atoms with Crippen molar-refractivity contribution in [2.75, 3.05) is 5.73 Å². The van der Waals surface area contributed by atoms with Gasteiger partial charge in [-0.3, -0.25) is 0 Å². The first kappa shape index (κ1) is 10.2. The average Bonchev–Trinajstić information content (AvgIpc) is 2.94. The largest absolute Gasteiger partial charge is 0.383 e. The molecule has 6 heteroatoms. The standard InChI is InChI=1S/C11H11N5S/c12-3-6-1-2-8(17-6)7-4-14-11-9(7)10(13)15-5-16-11/h1-2,4-5H,3,12H2,(H3,13,14,15,16). The minimum atomic E-state index is 0.494. The van der Waals surface area contributed by atoms with Crippen molar-refractivity contribution in [1.82, 2.24) is 15.0 Å². The molecule has 17 heavy (non-hydrogen) atoms.